The Morgan fingerprint density at radius 3 is 2.43 bits per heavy atom. The summed E-state index contributed by atoms with van der Waals surface area (Å²) < 4.78 is 0. The molecule has 28 heavy (non-hydrogen) atoms. The van der Waals surface area contributed by atoms with Crippen molar-refractivity contribution in [2.24, 2.45) is 0 Å². The van der Waals surface area contributed by atoms with Crippen LogP contribution in [-0.2, 0) is 0 Å². The zero-order valence-corrected chi connectivity index (χ0v) is 15.6. The van der Waals surface area contributed by atoms with Gasteiger partial charge in [0.25, 0.3) is 0 Å². The van der Waals surface area contributed by atoms with Crippen LogP contribution >= 0.6 is 0 Å². The summed E-state index contributed by atoms with van der Waals surface area (Å²) in [7, 11) is 0. The Bertz CT molecular complexity index is 1360. The fourth-order valence-electron chi connectivity index (χ4n) is 4.42. The van der Waals surface area contributed by atoms with Crippen molar-refractivity contribution in [1.29, 1.82) is 0 Å². The number of pyridine rings is 1. The second-order valence-electron chi connectivity index (χ2n) is 7.40. The largest absolute Gasteiger partial charge is 0.307 e. The normalized spacial score (nSPS) is 12.4. The molecule has 2 heteroatoms. The third-order valence-corrected chi connectivity index (χ3v) is 5.64. The lowest BCUT2D eigenvalue weighted by Gasteiger charge is -2.33. The summed E-state index contributed by atoms with van der Waals surface area (Å²) >= 11 is 0. The summed E-state index contributed by atoms with van der Waals surface area (Å²) in [5.74, 6) is 0. The van der Waals surface area contributed by atoms with Crippen molar-refractivity contribution >= 4 is 38.6 Å². The van der Waals surface area contributed by atoms with Crippen LogP contribution in [0.25, 0.3) is 32.8 Å². The van der Waals surface area contributed by atoms with Gasteiger partial charge in [-0.3, -0.25) is 4.98 Å². The molecule has 0 bridgehead atoms. The lowest BCUT2D eigenvalue weighted by atomic mass is 9.92. The van der Waals surface area contributed by atoms with Crippen LogP contribution in [0.2, 0.25) is 0 Å². The number of nitrogens with zero attached hydrogens (tertiary/aromatic N) is 2. The van der Waals surface area contributed by atoms with Crippen molar-refractivity contribution < 1.29 is 0 Å². The van der Waals surface area contributed by atoms with Gasteiger partial charge in [0.2, 0.25) is 0 Å². The molecule has 0 radical (unpaired) electrons. The third kappa shape index (κ3) is 2.06. The number of anilines is 3. The predicted molar refractivity (Wildman–Crippen MR) is 118 cm³/mol. The minimum atomic E-state index is 1.05. The Labute approximate surface area is 163 Å². The van der Waals surface area contributed by atoms with Gasteiger partial charge in [-0.25, -0.2) is 0 Å². The van der Waals surface area contributed by atoms with Gasteiger partial charge in [0.15, 0.2) is 0 Å². The molecule has 0 fully saturated rings. The van der Waals surface area contributed by atoms with E-state index in [2.05, 4.69) is 96.8 Å². The number of para-hydroxylation sites is 1. The predicted octanol–water partition coefficient (Wildman–Crippen LogP) is 7.15. The van der Waals surface area contributed by atoms with Gasteiger partial charge in [-0.05, 0) is 36.6 Å². The fourth-order valence-corrected chi connectivity index (χ4v) is 4.42. The summed E-state index contributed by atoms with van der Waals surface area (Å²) in [5, 5.41) is 4.91. The van der Waals surface area contributed by atoms with Crippen LogP contribution in [0.5, 0.6) is 0 Å². The van der Waals surface area contributed by atoms with E-state index < -0.39 is 0 Å². The van der Waals surface area contributed by atoms with Gasteiger partial charge in [0, 0.05) is 33.6 Å². The van der Waals surface area contributed by atoms with Crippen molar-refractivity contribution in [1.82, 2.24) is 4.98 Å². The molecular weight excluding hydrogens is 340 g/mol. The van der Waals surface area contributed by atoms with E-state index in [4.69, 9.17) is 4.98 Å². The molecule has 0 spiro atoms. The van der Waals surface area contributed by atoms with Gasteiger partial charge in [0.1, 0.15) is 0 Å². The lowest BCUT2D eigenvalue weighted by molar-refractivity contribution is 1.25. The second-order valence-corrected chi connectivity index (χ2v) is 7.40. The molecule has 0 unspecified atom stereocenters. The summed E-state index contributed by atoms with van der Waals surface area (Å²) in [4.78, 5) is 7.32. The summed E-state index contributed by atoms with van der Waals surface area (Å²) in [5.41, 5.74) is 7.03. The first-order valence-electron chi connectivity index (χ1n) is 9.58. The Hall–Kier alpha value is -3.65. The van der Waals surface area contributed by atoms with Gasteiger partial charge in [0.05, 0.1) is 17.1 Å². The molecule has 0 atom stereocenters. The standard InChI is InChI=1S/C26H18N2/c1-17-13-14-21-19(15-17)16-27-25-22-11-5-7-18-8-6-12-23(24(18)22)28(26(21)25)20-9-3-2-4-10-20/h2-16H,1H3. The monoisotopic (exact) mass is 358 g/mol. The summed E-state index contributed by atoms with van der Waals surface area (Å²) in [6.07, 6.45) is 2.01. The molecule has 2 heterocycles. The highest BCUT2D eigenvalue weighted by atomic mass is 15.2. The second kappa shape index (κ2) is 5.67. The van der Waals surface area contributed by atoms with Crippen molar-refractivity contribution in [3.8, 4) is 11.3 Å². The van der Waals surface area contributed by atoms with Crippen LogP contribution in [0.3, 0.4) is 0 Å². The quantitative estimate of drug-likeness (QED) is 0.310. The molecule has 1 aromatic heterocycles. The number of hydrogen-bond acceptors (Lipinski definition) is 2. The van der Waals surface area contributed by atoms with Crippen molar-refractivity contribution in [2.45, 2.75) is 6.92 Å². The summed E-state index contributed by atoms with van der Waals surface area (Å²) in [6, 6.07) is 30.3. The van der Waals surface area contributed by atoms with Gasteiger partial charge in [-0.15, -0.1) is 0 Å². The molecule has 0 amide bonds. The number of aromatic nitrogens is 1. The topological polar surface area (TPSA) is 16.1 Å². The van der Waals surface area contributed by atoms with E-state index in [0.717, 1.165) is 17.1 Å². The zero-order valence-electron chi connectivity index (χ0n) is 15.6. The Morgan fingerprint density at radius 2 is 1.57 bits per heavy atom. The van der Waals surface area contributed by atoms with E-state index in [0.29, 0.717) is 0 Å². The Balaban J connectivity index is 1.82. The van der Waals surface area contributed by atoms with Crippen molar-refractivity contribution in [3.63, 3.8) is 0 Å². The maximum absolute atomic E-state index is 4.95. The SMILES string of the molecule is Cc1ccc2c3c(ncc2c1)-c1cccc2cccc(c12)N3c1ccccc1. The zero-order chi connectivity index (χ0) is 18.7. The Kier molecular flexibility index (Phi) is 3.12. The maximum Gasteiger partial charge on any atom is 0.0956 e. The highest BCUT2D eigenvalue weighted by Crippen LogP contribution is 2.52. The average Bonchev–Trinajstić information content (AvgIpc) is 2.74. The van der Waals surface area contributed by atoms with Gasteiger partial charge < -0.3 is 4.90 Å². The highest BCUT2D eigenvalue weighted by molar-refractivity contribution is 6.17. The van der Waals surface area contributed by atoms with Crippen LogP contribution < -0.4 is 4.90 Å². The fraction of sp³-hybridized carbons (Fsp3) is 0.0385. The molecule has 0 saturated heterocycles. The molecule has 6 rings (SSSR count). The van der Waals surface area contributed by atoms with E-state index in [1.165, 1.54) is 38.4 Å². The van der Waals surface area contributed by atoms with Gasteiger partial charge >= 0.3 is 0 Å². The van der Waals surface area contributed by atoms with Crippen LogP contribution in [0.15, 0.2) is 91.1 Å². The molecule has 4 aromatic carbocycles. The third-order valence-electron chi connectivity index (χ3n) is 5.64. The molecule has 132 valence electrons. The number of fused-ring (bicyclic) bond motifs is 4. The molecular formula is C26H18N2. The minimum Gasteiger partial charge on any atom is -0.307 e. The average molecular weight is 358 g/mol. The molecule has 1 aliphatic rings. The van der Waals surface area contributed by atoms with Crippen molar-refractivity contribution in [3.05, 3.63) is 96.7 Å². The number of hydrogen-bond donors (Lipinski definition) is 0. The van der Waals surface area contributed by atoms with Crippen LogP contribution in [-0.4, -0.2) is 4.98 Å². The summed E-state index contributed by atoms with van der Waals surface area (Å²) in [6.45, 7) is 2.13. The van der Waals surface area contributed by atoms with E-state index in [9.17, 15) is 0 Å². The first kappa shape index (κ1) is 15.4. The first-order valence-corrected chi connectivity index (χ1v) is 9.58. The van der Waals surface area contributed by atoms with Gasteiger partial charge in [-0.1, -0.05) is 66.2 Å². The van der Waals surface area contributed by atoms with E-state index >= 15 is 0 Å². The lowest BCUT2D eigenvalue weighted by Crippen LogP contribution is -2.16. The van der Waals surface area contributed by atoms with Crippen LogP contribution in [0.4, 0.5) is 17.1 Å². The minimum absolute atomic E-state index is 1.05. The number of benzene rings is 4. The molecule has 1 aliphatic heterocycles. The smallest absolute Gasteiger partial charge is 0.0956 e. The van der Waals surface area contributed by atoms with Crippen LogP contribution in [0.1, 0.15) is 5.56 Å². The number of rotatable bonds is 1. The van der Waals surface area contributed by atoms with E-state index in [-0.39, 0.29) is 0 Å². The molecule has 2 nitrogen and oxygen atoms in total. The highest BCUT2D eigenvalue weighted by Gasteiger charge is 2.28. The number of aryl methyl sites for hydroxylation is 1. The van der Waals surface area contributed by atoms with Crippen LogP contribution in [0, 0.1) is 6.92 Å². The molecule has 5 aromatic rings. The van der Waals surface area contributed by atoms with Gasteiger partial charge in [-0.2, -0.15) is 0 Å². The van der Waals surface area contributed by atoms with E-state index in [1.807, 2.05) is 6.20 Å². The first-order chi connectivity index (χ1) is 13.8. The molecule has 0 N–H and O–H groups in total. The molecule has 0 aliphatic carbocycles. The maximum atomic E-state index is 4.95. The molecule has 0 saturated carbocycles. The van der Waals surface area contributed by atoms with Crippen molar-refractivity contribution in [2.75, 3.05) is 4.90 Å². The van der Waals surface area contributed by atoms with E-state index in [1.54, 1.807) is 0 Å². The Morgan fingerprint density at radius 1 is 0.750 bits per heavy atom.